The number of aromatic carboxylic acids is 1. The average molecular weight is 394 g/mol. The molecule has 4 rings (SSSR count). The smallest absolute Gasteiger partial charge is 0.335 e. The van der Waals surface area contributed by atoms with E-state index in [9.17, 15) is 14.7 Å². The first kappa shape index (κ1) is 18.2. The Hall–Kier alpha value is -3.13. The number of nitrogens with zero attached hydrogens (tertiary/aromatic N) is 4. The second-order valence-corrected chi connectivity index (χ2v) is 7.68. The molecule has 1 fully saturated rings. The van der Waals surface area contributed by atoms with Crippen molar-refractivity contribution < 1.29 is 14.7 Å². The van der Waals surface area contributed by atoms with E-state index >= 15 is 0 Å². The zero-order valence-corrected chi connectivity index (χ0v) is 16.0. The van der Waals surface area contributed by atoms with E-state index in [2.05, 4.69) is 15.0 Å². The van der Waals surface area contributed by atoms with E-state index in [0.29, 0.717) is 23.4 Å². The Kier molecular flexibility index (Phi) is 4.87. The van der Waals surface area contributed by atoms with Crippen LogP contribution in [-0.4, -0.2) is 42.9 Å². The van der Waals surface area contributed by atoms with Gasteiger partial charge in [0.05, 0.1) is 24.0 Å². The van der Waals surface area contributed by atoms with Crippen molar-refractivity contribution in [3.8, 4) is 11.3 Å². The summed E-state index contributed by atoms with van der Waals surface area (Å²) >= 11 is 1.53. The van der Waals surface area contributed by atoms with Crippen LogP contribution in [0.2, 0.25) is 0 Å². The van der Waals surface area contributed by atoms with E-state index < -0.39 is 5.97 Å². The van der Waals surface area contributed by atoms with Gasteiger partial charge in [0.2, 0.25) is 0 Å². The number of aryl methyl sites for hydroxylation is 1. The molecule has 0 aliphatic heterocycles. The number of hydrogen-bond acceptors (Lipinski definition) is 6. The third kappa shape index (κ3) is 3.91. The van der Waals surface area contributed by atoms with Crippen LogP contribution in [0.4, 0.5) is 0 Å². The van der Waals surface area contributed by atoms with Crippen molar-refractivity contribution in [2.75, 3.05) is 0 Å². The number of amides is 1. The maximum absolute atomic E-state index is 13.3. The lowest BCUT2D eigenvalue weighted by atomic mass is 10.0. The Morgan fingerprint density at radius 3 is 2.61 bits per heavy atom. The minimum absolute atomic E-state index is 0.0485. The van der Waals surface area contributed by atoms with E-state index in [1.54, 1.807) is 23.4 Å². The molecule has 1 aliphatic rings. The van der Waals surface area contributed by atoms with Crippen molar-refractivity contribution in [3.05, 3.63) is 64.0 Å². The molecule has 28 heavy (non-hydrogen) atoms. The van der Waals surface area contributed by atoms with Crippen molar-refractivity contribution in [3.63, 3.8) is 0 Å². The van der Waals surface area contributed by atoms with E-state index in [1.165, 1.54) is 29.7 Å². The van der Waals surface area contributed by atoms with Crippen LogP contribution >= 0.6 is 11.3 Å². The third-order valence-corrected chi connectivity index (χ3v) is 5.46. The average Bonchev–Trinajstić information content (AvgIpc) is 3.47. The van der Waals surface area contributed by atoms with E-state index in [0.717, 1.165) is 23.5 Å². The van der Waals surface area contributed by atoms with E-state index in [4.69, 9.17) is 0 Å². The Morgan fingerprint density at radius 1 is 1.21 bits per heavy atom. The number of hydrogen-bond donors (Lipinski definition) is 1. The zero-order valence-electron chi connectivity index (χ0n) is 15.2. The van der Waals surface area contributed by atoms with Crippen LogP contribution in [-0.2, 0) is 6.54 Å². The summed E-state index contributed by atoms with van der Waals surface area (Å²) in [5.74, 6) is -1.28. The summed E-state index contributed by atoms with van der Waals surface area (Å²) in [6, 6.07) is 4.79. The molecule has 0 atom stereocenters. The van der Waals surface area contributed by atoms with Crippen LogP contribution in [0.1, 0.15) is 44.3 Å². The molecule has 0 saturated heterocycles. The molecular formula is C20H18N4O3S. The van der Waals surface area contributed by atoms with Crippen LogP contribution in [0.25, 0.3) is 11.3 Å². The topological polar surface area (TPSA) is 96.3 Å². The first-order valence-corrected chi connectivity index (χ1v) is 9.76. The van der Waals surface area contributed by atoms with Gasteiger partial charge in [-0.25, -0.2) is 9.78 Å². The molecule has 142 valence electrons. The van der Waals surface area contributed by atoms with Gasteiger partial charge < -0.3 is 10.0 Å². The Morgan fingerprint density at radius 2 is 2.00 bits per heavy atom. The minimum atomic E-state index is -1.09. The lowest BCUT2D eigenvalue weighted by molar-refractivity contribution is 0.0697. The molecule has 1 amide bonds. The second-order valence-electron chi connectivity index (χ2n) is 6.74. The molecule has 0 radical (unpaired) electrons. The van der Waals surface area contributed by atoms with Gasteiger partial charge in [-0.3, -0.25) is 14.8 Å². The van der Waals surface area contributed by atoms with Gasteiger partial charge in [0.25, 0.3) is 5.91 Å². The summed E-state index contributed by atoms with van der Waals surface area (Å²) in [5.41, 5.74) is 2.39. The van der Waals surface area contributed by atoms with Gasteiger partial charge in [-0.2, -0.15) is 0 Å². The maximum Gasteiger partial charge on any atom is 0.335 e. The van der Waals surface area contributed by atoms with Gasteiger partial charge in [0.1, 0.15) is 5.01 Å². The lowest BCUT2D eigenvalue weighted by Gasteiger charge is -2.22. The summed E-state index contributed by atoms with van der Waals surface area (Å²) in [5, 5.41) is 12.3. The summed E-state index contributed by atoms with van der Waals surface area (Å²) in [4.78, 5) is 39.4. The van der Waals surface area contributed by atoms with Crippen LogP contribution in [0.3, 0.4) is 0 Å². The minimum Gasteiger partial charge on any atom is -0.478 e. The van der Waals surface area contributed by atoms with Crippen LogP contribution in [0.15, 0.2) is 42.2 Å². The molecule has 1 saturated carbocycles. The number of aromatic nitrogens is 3. The first-order chi connectivity index (χ1) is 13.5. The van der Waals surface area contributed by atoms with Crippen molar-refractivity contribution in [1.82, 2.24) is 19.9 Å². The number of carbonyl (C=O) groups excluding carboxylic acids is 1. The second kappa shape index (κ2) is 7.47. The molecule has 2 aromatic heterocycles. The van der Waals surface area contributed by atoms with Gasteiger partial charge in [-0.05, 0) is 38.0 Å². The molecule has 1 aliphatic carbocycles. The Balaban J connectivity index is 1.70. The Bertz CT molecular complexity index is 1030. The summed E-state index contributed by atoms with van der Waals surface area (Å²) in [7, 11) is 0. The van der Waals surface area contributed by atoms with E-state index in [-0.39, 0.29) is 17.5 Å². The van der Waals surface area contributed by atoms with Gasteiger partial charge >= 0.3 is 5.97 Å². The van der Waals surface area contributed by atoms with Gasteiger partial charge in [0.15, 0.2) is 0 Å². The number of rotatable bonds is 6. The highest BCUT2D eigenvalue weighted by molar-refractivity contribution is 7.09. The monoisotopic (exact) mass is 394 g/mol. The van der Waals surface area contributed by atoms with Crippen molar-refractivity contribution >= 4 is 23.2 Å². The lowest BCUT2D eigenvalue weighted by Crippen LogP contribution is -2.32. The number of thiazole rings is 1. The predicted octanol–water partition coefficient (Wildman–Crippen LogP) is 3.41. The molecular weight excluding hydrogens is 376 g/mol. The van der Waals surface area contributed by atoms with Crippen LogP contribution < -0.4 is 0 Å². The van der Waals surface area contributed by atoms with E-state index in [1.807, 2.05) is 12.3 Å². The quantitative estimate of drug-likeness (QED) is 0.688. The summed E-state index contributed by atoms with van der Waals surface area (Å²) < 4.78 is 0. The molecule has 2 heterocycles. The normalized spacial score (nSPS) is 13.3. The molecule has 0 bridgehead atoms. The maximum atomic E-state index is 13.3. The van der Waals surface area contributed by atoms with Crippen molar-refractivity contribution in [2.24, 2.45) is 0 Å². The van der Waals surface area contributed by atoms with Crippen LogP contribution in [0, 0.1) is 6.92 Å². The third-order valence-electron chi connectivity index (χ3n) is 4.51. The van der Waals surface area contributed by atoms with Gasteiger partial charge in [-0.15, -0.1) is 11.3 Å². The number of carbonyl (C=O) groups is 2. The first-order valence-electron chi connectivity index (χ1n) is 8.88. The largest absolute Gasteiger partial charge is 0.478 e. The predicted molar refractivity (Wildman–Crippen MR) is 104 cm³/mol. The summed E-state index contributed by atoms with van der Waals surface area (Å²) in [6.45, 7) is 2.35. The fourth-order valence-corrected chi connectivity index (χ4v) is 3.78. The fraction of sp³-hybridized carbons (Fsp3) is 0.250. The number of benzene rings is 1. The highest BCUT2D eigenvalue weighted by Crippen LogP contribution is 2.31. The van der Waals surface area contributed by atoms with Crippen molar-refractivity contribution in [1.29, 1.82) is 0 Å². The molecule has 8 heteroatoms. The fourth-order valence-electron chi connectivity index (χ4n) is 3.01. The number of carboxylic acids is 1. The highest BCUT2D eigenvalue weighted by atomic mass is 32.1. The standard InChI is InChI=1S/C20H18N4O3S/c1-12-11-28-18(23-12)10-24(16-2-3-16)19(25)14-6-13(7-15(8-14)20(26)27)17-9-21-4-5-22-17/h4-9,11,16H,2-3,10H2,1H3,(H,26,27). The molecule has 0 unspecified atom stereocenters. The van der Waals surface area contributed by atoms with Crippen molar-refractivity contribution in [2.45, 2.75) is 32.4 Å². The summed E-state index contributed by atoms with van der Waals surface area (Å²) in [6.07, 6.45) is 6.52. The molecule has 7 nitrogen and oxygen atoms in total. The van der Waals surface area contributed by atoms with Gasteiger partial charge in [0, 0.05) is 40.6 Å². The molecule has 0 spiro atoms. The molecule has 1 N–H and O–H groups in total. The zero-order chi connectivity index (χ0) is 19.7. The SMILES string of the molecule is Cc1csc(CN(C(=O)c2cc(C(=O)O)cc(-c3cnccn3)c2)C2CC2)n1. The van der Waals surface area contributed by atoms with Gasteiger partial charge in [-0.1, -0.05) is 0 Å². The van der Waals surface area contributed by atoms with Crippen LogP contribution in [0.5, 0.6) is 0 Å². The number of carboxylic acid groups (broad SMARTS) is 1. The molecule has 3 aromatic rings. The highest BCUT2D eigenvalue weighted by Gasteiger charge is 2.34. The Labute approximate surface area is 165 Å². The molecule has 1 aromatic carbocycles.